The summed E-state index contributed by atoms with van der Waals surface area (Å²) >= 11 is 0.794. The molecule has 0 saturated heterocycles. The first-order valence-electron chi connectivity index (χ1n) is 7.30. The van der Waals surface area contributed by atoms with Gasteiger partial charge in [-0.2, -0.15) is 18.4 Å². The van der Waals surface area contributed by atoms with E-state index in [4.69, 9.17) is 0 Å². The van der Waals surface area contributed by atoms with Crippen molar-refractivity contribution in [1.29, 1.82) is 5.26 Å². The van der Waals surface area contributed by atoms with Crippen LogP contribution < -0.4 is 5.32 Å². The number of anilines is 1. The van der Waals surface area contributed by atoms with E-state index in [0.29, 0.717) is 5.69 Å². The Balaban J connectivity index is 1.95. The number of amides is 1. The van der Waals surface area contributed by atoms with Crippen molar-refractivity contribution in [3.05, 3.63) is 64.4 Å². The third-order valence-corrected chi connectivity index (χ3v) is 4.26. The van der Waals surface area contributed by atoms with Gasteiger partial charge >= 0.3 is 6.18 Å². The molecule has 0 fully saturated rings. The number of rotatable bonds is 3. The van der Waals surface area contributed by atoms with E-state index in [-0.39, 0.29) is 21.8 Å². The first kappa shape index (κ1) is 18.5. The molecule has 2 aromatic heterocycles. The van der Waals surface area contributed by atoms with Gasteiger partial charge in [0.25, 0.3) is 5.91 Å². The number of carbonyl (C=O) groups is 1. The summed E-state index contributed by atoms with van der Waals surface area (Å²) in [5.74, 6) is -2.23. The standard InChI is InChI=1S/C17H8F4N4OS/c18-9-4-5-10(11(7-9)17(19,20)21)15(26)25-16-24-14(13(8-22)27-16)12-3-1-2-6-23-12/h1-7H,(H,24,25,26). The minimum absolute atomic E-state index is 0.0744. The van der Waals surface area contributed by atoms with E-state index in [1.807, 2.05) is 6.07 Å². The number of nitrogens with zero attached hydrogens (tertiary/aromatic N) is 3. The summed E-state index contributed by atoms with van der Waals surface area (Å²) in [6.07, 6.45) is -3.42. The summed E-state index contributed by atoms with van der Waals surface area (Å²) < 4.78 is 52.4. The second kappa shape index (κ2) is 7.13. The largest absolute Gasteiger partial charge is 0.417 e. The normalized spacial score (nSPS) is 11.1. The zero-order valence-electron chi connectivity index (χ0n) is 13.2. The molecule has 0 atom stereocenters. The van der Waals surface area contributed by atoms with E-state index in [0.717, 1.165) is 23.5 Å². The molecule has 5 nitrogen and oxygen atoms in total. The Labute approximate surface area is 153 Å². The third-order valence-electron chi connectivity index (χ3n) is 3.39. The van der Waals surface area contributed by atoms with Crippen LogP contribution in [0, 0.1) is 17.1 Å². The topological polar surface area (TPSA) is 78.7 Å². The van der Waals surface area contributed by atoms with E-state index in [1.165, 1.54) is 6.20 Å². The number of benzene rings is 1. The summed E-state index contributed by atoms with van der Waals surface area (Å²) in [6.45, 7) is 0. The highest BCUT2D eigenvalue weighted by Crippen LogP contribution is 2.34. The number of halogens is 4. The van der Waals surface area contributed by atoms with Crippen molar-refractivity contribution in [2.24, 2.45) is 0 Å². The van der Waals surface area contributed by atoms with Crippen molar-refractivity contribution >= 4 is 22.4 Å². The molecule has 1 aromatic carbocycles. The molecule has 136 valence electrons. The van der Waals surface area contributed by atoms with Crippen LogP contribution in [0.25, 0.3) is 11.4 Å². The maximum absolute atomic E-state index is 13.2. The highest BCUT2D eigenvalue weighted by molar-refractivity contribution is 7.16. The van der Waals surface area contributed by atoms with Crippen molar-refractivity contribution in [1.82, 2.24) is 9.97 Å². The minimum atomic E-state index is -4.91. The molecule has 0 spiro atoms. The van der Waals surface area contributed by atoms with Crippen LogP contribution in [-0.4, -0.2) is 15.9 Å². The summed E-state index contributed by atoms with van der Waals surface area (Å²) in [7, 11) is 0. The zero-order chi connectivity index (χ0) is 19.6. The van der Waals surface area contributed by atoms with E-state index in [9.17, 15) is 27.6 Å². The summed E-state index contributed by atoms with van der Waals surface area (Å²) in [5, 5.41) is 11.4. The Morgan fingerprint density at radius 3 is 2.63 bits per heavy atom. The lowest BCUT2D eigenvalue weighted by Crippen LogP contribution is -2.19. The quantitative estimate of drug-likeness (QED) is 0.667. The van der Waals surface area contributed by atoms with E-state index >= 15 is 0 Å². The van der Waals surface area contributed by atoms with Gasteiger partial charge < -0.3 is 0 Å². The summed E-state index contributed by atoms with van der Waals surface area (Å²) in [4.78, 5) is 20.5. The molecule has 3 rings (SSSR count). The molecule has 2 heterocycles. The van der Waals surface area contributed by atoms with Gasteiger partial charge in [0.1, 0.15) is 22.5 Å². The number of aromatic nitrogens is 2. The maximum atomic E-state index is 13.2. The number of hydrogen-bond donors (Lipinski definition) is 1. The molecule has 0 aliphatic heterocycles. The summed E-state index contributed by atoms with van der Waals surface area (Å²) in [5.41, 5.74) is -1.57. The fourth-order valence-electron chi connectivity index (χ4n) is 2.24. The molecular weight excluding hydrogens is 384 g/mol. The fourth-order valence-corrected chi connectivity index (χ4v) is 3.01. The lowest BCUT2D eigenvalue weighted by atomic mass is 10.1. The Bertz CT molecular complexity index is 1040. The third kappa shape index (κ3) is 3.93. The zero-order valence-corrected chi connectivity index (χ0v) is 14.0. The van der Waals surface area contributed by atoms with Gasteiger partial charge in [-0.05, 0) is 30.3 Å². The molecule has 1 amide bonds. The highest BCUT2D eigenvalue weighted by atomic mass is 32.1. The molecule has 1 N–H and O–H groups in total. The van der Waals surface area contributed by atoms with Crippen LogP contribution >= 0.6 is 11.3 Å². The molecule has 0 radical (unpaired) electrons. The van der Waals surface area contributed by atoms with Gasteiger partial charge in [-0.1, -0.05) is 17.4 Å². The first-order valence-corrected chi connectivity index (χ1v) is 8.11. The second-order valence-corrected chi connectivity index (χ2v) is 6.16. The van der Waals surface area contributed by atoms with Gasteiger partial charge in [0.05, 0.1) is 16.8 Å². The fraction of sp³-hybridized carbons (Fsp3) is 0.0588. The van der Waals surface area contributed by atoms with Crippen LogP contribution in [0.1, 0.15) is 20.8 Å². The molecule has 0 unspecified atom stereocenters. The SMILES string of the molecule is N#Cc1sc(NC(=O)c2ccc(F)cc2C(F)(F)F)nc1-c1ccccn1. The van der Waals surface area contributed by atoms with Gasteiger partial charge in [-0.3, -0.25) is 15.1 Å². The van der Waals surface area contributed by atoms with Gasteiger partial charge in [0, 0.05) is 6.20 Å². The smallest absolute Gasteiger partial charge is 0.298 e. The monoisotopic (exact) mass is 392 g/mol. The van der Waals surface area contributed by atoms with E-state index in [1.54, 1.807) is 18.2 Å². The van der Waals surface area contributed by atoms with Crippen LogP contribution in [0.3, 0.4) is 0 Å². The molecule has 0 aliphatic carbocycles. The van der Waals surface area contributed by atoms with Crippen molar-refractivity contribution < 1.29 is 22.4 Å². The first-order chi connectivity index (χ1) is 12.8. The van der Waals surface area contributed by atoms with Gasteiger partial charge in [0.15, 0.2) is 5.13 Å². The highest BCUT2D eigenvalue weighted by Gasteiger charge is 2.36. The molecule has 0 bridgehead atoms. The lowest BCUT2D eigenvalue weighted by molar-refractivity contribution is -0.138. The molecule has 10 heteroatoms. The summed E-state index contributed by atoms with van der Waals surface area (Å²) in [6, 6.07) is 8.59. The Morgan fingerprint density at radius 1 is 1.22 bits per heavy atom. The van der Waals surface area contributed by atoms with Gasteiger partial charge in [-0.25, -0.2) is 9.37 Å². The predicted molar refractivity (Wildman–Crippen MR) is 89.4 cm³/mol. The van der Waals surface area contributed by atoms with Gasteiger partial charge in [-0.15, -0.1) is 0 Å². The number of alkyl halides is 3. The van der Waals surface area contributed by atoms with Gasteiger partial charge in [0.2, 0.25) is 0 Å². The molecule has 0 aliphatic rings. The van der Waals surface area contributed by atoms with Crippen LogP contribution in [-0.2, 0) is 6.18 Å². The number of thiazole rings is 1. The number of nitriles is 1. The molecular formula is C17H8F4N4OS. The van der Waals surface area contributed by atoms with Crippen molar-refractivity contribution in [2.75, 3.05) is 5.32 Å². The average molecular weight is 392 g/mol. The molecule has 0 saturated carbocycles. The molecule has 27 heavy (non-hydrogen) atoms. The van der Waals surface area contributed by atoms with Crippen LogP contribution in [0.5, 0.6) is 0 Å². The van der Waals surface area contributed by atoms with Crippen LogP contribution in [0.4, 0.5) is 22.7 Å². The Morgan fingerprint density at radius 2 is 2.00 bits per heavy atom. The van der Waals surface area contributed by atoms with Crippen LogP contribution in [0.15, 0.2) is 42.6 Å². The van der Waals surface area contributed by atoms with Crippen molar-refractivity contribution in [2.45, 2.75) is 6.18 Å². The van der Waals surface area contributed by atoms with Crippen molar-refractivity contribution in [3.8, 4) is 17.5 Å². The number of nitrogens with one attached hydrogen (secondary N) is 1. The van der Waals surface area contributed by atoms with Crippen LogP contribution in [0.2, 0.25) is 0 Å². The minimum Gasteiger partial charge on any atom is -0.298 e. The van der Waals surface area contributed by atoms with Crippen molar-refractivity contribution in [3.63, 3.8) is 0 Å². The maximum Gasteiger partial charge on any atom is 0.417 e. The van der Waals surface area contributed by atoms with E-state index < -0.39 is 29.0 Å². The predicted octanol–water partition coefficient (Wildman–Crippen LogP) is 4.49. The lowest BCUT2D eigenvalue weighted by Gasteiger charge is -2.12. The van der Waals surface area contributed by atoms with E-state index in [2.05, 4.69) is 15.3 Å². The molecule has 3 aromatic rings. The number of carbonyl (C=O) groups excluding carboxylic acids is 1. The Kier molecular flexibility index (Phi) is 4.87. The number of hydrogen-bond acceptors (Lipinski definition) is 5. The number of pyridine rings is 1. The Hall–Kier alpha value is -3.32. The second-order valence-electron chi connectivity index (χ2n) is 5.17. The average Bonchev–Trinajstić information content (AvgIpc) is 3.04.